The molecule has 2 N–H and O–H groups in total. The molecule has 0 saturated heterocycles. The molecule has 0 bridgehead atoms. The van der Waals surface area contributed by atoms with Crippen LogP contribution in [-0.2, 0) is 16.1 Å². The van der Waals surface area contributed by atoms with Gasteiger partial charge in [-0.25, -0.2) is 0 Å². The lowest BCUT2D eigenvalue weighted by Gasteiger charge is -2.07. The summed E-state index contributed by atoms with van der Waals surface area (Å²) in [5.41, 5.74) is 2.28. The summed E-state index contributed by atoms with van der Waals surface area (Å²) in [6, 6.07) is 1.95. The van der Waals surface area contributed by atoms with Crippen LogP contribution >= 0.6 is 0 Å². The predicted octanol–water partition coefficient (Wildman–Crippen LogP) is 0.242. The van der Waals surface area contributed by atoms with Gasteiger partial charge in [0, 0.05) is 32.6 Å². The molecule has 1 aromatic rings. The SMILES string of the molecule is COCCNC(=O)CNCc1cnccc1C. The van der Waals surface area contributed by atoms with Gasteiger partial charge in [0.25, 0.3) is 0 Å². The molecule has 0 aliphatic rings. The summed E-state index contributed by atoms with van der Waals surface area (Å²) in [6.07, 6.45) is 3.57. The minimum atomic E-state index is -0.0245. The smallest absolute Gasteiger partial charge is 0.234 e. The van der Waals surface area contributed by atoms with Crippen LogP contribution in [0.15, 0.2) is 18.5 Å². The number of rotatable bonds is 7. The van der Waals surface area contributed by atoms with Gasteiger partial charge in [-0.2, -0.15) is 0 Å². The van der Waals surface area contributed by atoms with Gasteiger partial charge in [-0.15, -0.1) is 0 Å². The summed E-state index contributed by atoms with van der Waals surface area (Å²) in [5, 5.41) is 5.82. The summed E-state index contributed by atoms with van der Waals surface area (Å²) in [6.45, 7) is 4.06. The lowest BCUT2D eigenvalue weighted by atomic mass is 10.1. The van der Waals surface area contributed by atoms with Crippen molar-refractivity contribution in [2.75, 3.05) is 26.8 Å². The monoisotopic (exact) mass is 237 g/mol. The number of aromatic nitrogens is 1. The van der Waals surface area contributed by atoms with Crippen LogP contribution < -0.4 is 10.6 Å². The highest BCUT2D eigenvalue weighted by atomic mass is 16.5. The van der Waals surface area contributed by atoms with Gasteiger partial charge in [0.2, 0.25) is 5.91 Å². The molecule has 0 fully saturated rings. The number of hydrogen-bond acceptors (Lipinski definition) is 4. The molecule has 17 heavy (non-hydrogen) atoms. The molecule has 0 saturated carbocycles. The second-order valence-corrected chi connectivity index (χ2v) is 3.75. The quantitative estimate of drug-likeness (QED) is 0.667. The van der Waals surface area contributed by atoms with Gasteiger partial charge < -0.3 is 15.4 Å². The molecule has 0 aliphatic heterocycles. The van der Waals surface area contributed by atoms with Gasteiger partial charge >= 0.3 is 0 Å². The number of amides is 1. The molecule has 0 aliphatic carbocycles. The summed E-state index contributed by atoms with van der Waals surface area (Å²) in [4.78, 5) is 15.4. The predicted molar refractivity (Wildman–Crippen MR) is 65.6 cm³/mol. The van der Waals surface area contributed by atoms with Crippen molar-refractivity contribution < 1.29 is 9.53 Å². The lowest BCUT2D eigenvalue weighted by Crippen LogP contribution is -2.35. The Balaban J connectivity index is 2.19. The first-order valence-electron chi connectivity index (χ1n) is 5.60. The van der Waals surface area contributed by atoms with Crippen molar-refractivity contribution in [1.82, 2.24) is 15.6 Å². The first-order valence-corrected chi connectivity index (χ1v) is 5.60. The van der Waals surface area contributed by atoms with E-state index in [1.165, 1.54) is 5.56 Å². The van der Waals surface area contributed by atoms with Crippen molar-refractivity contribution in [2.24, 2.45) is 0 Å². The van der Waals surface area contributed by atoms with Crippen LogP contribution in [0.5, 0.6) is 0 Å². The molecule has 0 spiro atoms. The average Bonchev–Trinajstić information content (AvgIpc) is 2.32. The van der Waals surface area contributed by atoms with E-state index in [1.54, 1.807) is 13.3 Å². The number of hydrogen-bond donors (Lipinski definition) is 2. The molecular formula is C12H19N3O2. The molecule has 1 heterocycles. The Hall–Kier alpha value is -1.46. The minimum Gasteiger partial charge on any atom is -0.383 e. The van der Waals surface area contributed by atoms with Crippen LogP contribution in [0.4, 0.5) is 0 Å². The van der Waals surface area contributed by atoms with Crippen LogP contribution in [0, 0.1) is 6.92 Å². The molecule has 1 amide bonds. The van der Waals surface area contributed by atoms with Gasteiger partial charge in [0.15, 0.2) is 0 Å². The van der Waals surface area contributed by atoms with Crippen molar-refractivity contribution in [1.29, 1.82) is 0 Å². The molecule has 0 atom stereocenters. The maximum atomic E-state index is 11.3. The lowest BCUT2D eigenvalue weighted by molar-refractivity contribution is -0.120. The largest absolute Gasteiger partial charge is 0.383 e. The van der Waals surface area contributed by atoms with Gasteiger partial charge in [-0.3, -0.25) is 9.78 Å². The second kappa shape index (κ2) is 7.76. The second-order valence-electron chi connectivity index (χ2n) is 3.75. The summed E-state index contributed by atoms with van der Waals surface area (Å²) >= 11 is 0. The van der Waals surface area contributed by atoms with E-state index in [1.807, 2.05) is 19.2 Å². The Morgan fingerprint density at radius 3 is 3.06 bits per heavy atom. The fraction of sp³-hybridized carbons (Fsp3) is 0.500. The standard InChI is InChI=1S/C12H19N3O2/c1-10-3-4-13-7-11(10)8-14-9-12(16)15-5-6-17-2/h3-4,7,14H,5-6,8-9H2,1-2H3,(H,15,16). The number of nitrogens with zero attached hydrogens (tertiary/aromatic N) is 1. The van der Waals surface area contributed by atoms with E-state index in [4.69, 9.17) is 4.74 Å². The molecular weight excluding hydrogens is 218 g/mol. The fourth-order valence-corrected chi connectivity index (χ4v) is 1.35. The summed E-state index contributed by atoms with van der Waals surface area (Å²) < 4.78 is 4.84. The topological polar surface area (TPSA) is 63.2 Å². The number of nitrogens with one attached hydrogen (secondary N) is 2. The van der Waals surface area contributed by atoms with Gasteiger partial charge in [-0.1, -0.05) is 0 Å². The van der Waals surface area contributed by atoms with Gasteiger partial charge in [0.05, 0.1) is 13.2 Å². The van der Waals surface area contributed by atoms with E-state index in [-0.39, 0.29) is 5.91 Å². The van der Waals surface area contributed by atoms with Gasteiger partial charge in [0.1, 0.15) is 0 Å². The van der Waals surface area contributed by atoms with Crippen molar-refractivity contribution in [3.63, 3.8) is 0 Å². The maximum Gasteiger partial charge on any atom is 0.234 e. The van der Waals surface area contributed by atoms with E-state index in [2.05, 4.69) is 15.6 Å². The highest BCUT2D eigenvalue weighted by Crippen LogP contribution is 2.03. The fourth-order valence-electron chi connectivity index (χ4n) is 1.35. The number of aryl methyl sites for hydroxylation is 1. The third-order valence-electron chi connectivity index (χ3n) is 2.38. The highest BCUT2D eigenvalue weighted by molar-refractivity contribution is 5.77. The highest BCUT2D eigenvalue weighted by Gasteiger charge is 2.01. The molecule has 5 heteroatoms. The van der Waals surface area contributed by atoms with E-state index >= 15 is 0 Å². The molecule has 94 valence electrons. The normalized spacial score (nSPS) is 10.2. The zero-order valence-corrected chi connectivity index (χ0v) is 10.3. The Morgan fingerprint density at radius 2 is 2.35 bits per heavy atom. The van der Waals surface area contributed by atoms with Crippen LogP contribution in [0.1, 0.15) is 11.1 Å². The van der Waals surface area contributed by atoms with Crippen molar-refractivity contribution >= 4 is 5.91 Å². The first kappa shape index (κ1) is 13.6. The van der Waals surface area contributed by atoms with E-state index in [0.717, 1.165) is 5.56 Å². The van der Waals surface area contributed by atoms with Crippen molar-refractivity contribution in [3.05, 3.63) is 29.6 Å². The molecule has 1 aromatic heterocycles. The van der Waals surface area contributed by atoms with Crippen molar-refractivity contribution in [2.45, 2.75) is 13.5 Å². The molecule has 0 aromatic carbocycles. The summed E-state index contributed by atoms with van der Waals surface area (Å²) in [7, 11) is 1.61. The Labute approximate surface area is 102 Å². The van der Waals surface area contributed by atoms with E-state index in [9.17, 15) is 4.79 Å². The molecule has 0 radical (unpaired) electrons. The Bertz CT molecular complexity index is 355. The van der Waals surface area contributed by atoms with Crippen LogP contribution in [-0.4, -0.2) is 37.7 Å². The van der Waals surface area contributed by atoms with E-state index < -0.39 is 0 Å². The molecule has 5 nitrogen and oxygen atoms in total. The average molecular weight is 237 g/mol. The molecule has 0 unspecified atom stereocenters. The van der Waals surface area contributed by atoms with Crippen molar-refractivity contribution in [3.8, 4) is 0 Å². The third-order valence-corrected chi connectivity index (χ3v) is 2.38. The molecule has 1 rings (SSSR count). The Kier molecular flexibility index (Phi) is 6.21. The van der Waals surface area contributed by atoms with E-state index in [0.29, 0.717) is 26.2 Å². The number of methoxy groups -OCH3 is 1. The zero-order chi connectivity index (χ0) is 12.5. The van der Waals surface area contributed by atoms with Crippen LogP contribution in [0.2, 0.25) is 0 Å². The third kappa shape index (κ3) is 5.42. The maximum absolute atomic E-state index is 11.3. The first-order chi connectivity index (χ1) is 8.24. The van der Waals surface area contributed by atoms with Gasteiger partial charge in [-0.05, 0) is 24.1 Å². The number of pyridine rings is 1. The van der Waals surface area contributed by atoms with Crippen LogP contribution in [0.3, 0.4) is 0 Å². The van der Waals surface area contributed by atoms with Crippen LogP contribution in [0.25, 0.3) is 0 Å². The minimum absolute atomic E-state index is 0.0245. The Morgan fingerprint density at radius 1 is 1.53 bits per heavy atom. The summed E-state index contributed by atoms with van der Waals surface area (Å²) in [5.74, 6) is -0.0245. The zero-order valence-electron chi connectivity index (χ0n) is 10.3. The number of ether oxygens (including phenoxy) is 1. The number of carbonyl (C=O) groups excluding carboxylic acids is 1. The number of carbonyl (C=O) groups is 1.